The van der Waals surface area contributed by atoms with Crippen LogP contribution < -0.4 is 10.1 Å². The summed E-state index contributed by atoms with van der Waals surface area (Å²) < 4.78 is 5.56. The highest BCUT2D eigenvalue weighted by Gasteiger charge is 2.07. The summed E-state index contributed by atoms with van der Waals surface area (Å²) in [5.41, 5.74) is 0.670. The molecule has 0 aromatic heterocycles. The zero-order chi connectivity index (χ0) is 15.7. The van der Waals surface area contributed by atoms with E-state index in [-0.39, 0.29) is 11.7 Å². The van der Waals surface area contributed by atoms with Crippen LogP contribution in [0.4, 0.5) is 0 Å². The number of benzene rings is 1. The summed E-state index contributed by atoms with van der Waals surface area (Å²) in [4.78, 5) is 24.6. The molecule has 0 bridgehead atoms. The fourth-order valence-electron chi connectivity index (χ4n) is 1.79. The van der Waals surface area contributed by atoms with E-state index >= 15 is 0 Å². The molecule has 0 fully saturated rings. The van der Waals surface area contributed by atoms with Crippen molar-refractivity contribution in [2.45, 2.75) is 19.8 Å². The van der Waals surface area contributed by atoms with Crippen molar-refractivity contribution in [3.8, 4) is 5.75 Å². The van der Waals surface area contributed by atoms with Gasteiger partial charge in [0.05, 0.1) is 6.61 Å². The normalized spacial score (nSPS) is 10.2. The highest BCUT2D eigenvalue weighted by molar-refractivity contribution is 5.94. The van der Waals surface area contributed by atoms with Crippen molar-refractivity contribution in [2.24, 2.45) is 0 Å². The van der Waals surface area contributed by atoms with Crippen LogP contribution in [0.1, 0.15) is 30.1 Å². The maximum Gasteiger partial charge on any atom is 0.222 e. The first-order valence-electron chi connectivity index (χ1n) is 7.17. The van der Waals surface area contributed by atoms with E-state index in [2.05, 4.69) is 5.32 Å². The van der Waals surface area contributed by atoms with Crippen LogP contribution in [-0.4, -0.2) is 50.4 Å². The minimum absolute atomic E-state index is 0.0387. The Kier molecular flexibility index (Phi) is 7.46. The summed E-state index contributed by atoms with van der Waals surface area (Å²) in [6.07, 6.45) is 1.16. The van der Waals surface area contributed by atoms with Gasteiger partial charge in [0.25, 0.3) is 0 Å². The van der Waals surface area contributed by atoms with Gasteiger partial charge in [-0.2, -0.15) is 0 Å². The number of ether oxygens (including phenoxy) is 1. The molecule has 0 heterocycles. The average molecular weight is 292 g/mol. The Morgan fingerprint density at radius 3 is 2.48 bits per heavy atom. The van der Waals surface area contributed by atoms with Gasteiger partial charge in [-0.05, 0) is 44.7 Å². The Balaban J connectivity index is 2.24. The van der Waals surface area contributed by atoms with Crippen molar-refractivity contribution in [1.82, 2.24) is 10.2 Å². The van der Waals surface area contributed by atoms with Gasteiger partial charge in [-0.15, -0.1) is 0 Å². The van der Waals surface area contributed by atoms with Crippen LogP contribution in [0.5, 0.6) is 5.75 Å². The molecule has 0 saturated carbocycles. The molecule has 5 nitrogen and oxygen atoms in total. The summed E-state index contributed by atoms with van der Waals surface area (Å²) in [7, 11) is 3.67. The lowest BCUT2D eigenvalue weighted by molar-refractivity contribution is -0.130. The van der Waals surface area contributed by atoms with E-state index in [1.54, 1.807) is 36.2 Å². The molecular weight excluding hydrogens is 268 g/mol. The van der Waals surface area contributed by atoms with Gasteiger partial charge in [0.1, 0.15) is 5.75 Å². The lowest BCUT2D eigenvalue weighted by Crippen LogP contribution is -2.32. The quantitative estimate of drug-likeness (QED) is 0.556. The van der Waals surface area contributed by atoms with Crippen molar-refractivity contribution in [1.29, 1.82) is 0 Å². The second kappa shape index (κ2) is 9.13. The Morgan fingerprint density at radius 2 is 1.90 bits per heavy atom. The summed E-state index contributed by atoms with van der Waals surface area (Å²) in [6.45, 7) is 3.53. The number of carbonyl (C=O) groups is 2. The van der Waals surface area contributed by atoms with E-state index in [1.807, 2.05) is 7.05 Å². The Hall–Kier alpha value is -1.88. The molecule has 1 aromatic rings. The molecule has 1 aromatic carbocycles. The Bertz CT molecular complexity index is 457. The molecule has 1 rings (SSSR count). The van der Waals surface area contributed by atoms with Gasteiger partial charge in [-0.3, -0.25) is 9.59 Å². The van der Waals surface area contributed by atoms with E-state index < -0.39 is 0 Å². The third-order valence-electron chi connectivity index (χ3n) is 3.19. The van der Waals surface area contributed by atoms with Gasteiger partial charge in [0.2, 0.25) is 5.91 Å². The number of nitrogens with one attached hydrogen (secondary N) is 1. The van der Waals surface area contributed by atoms with Gasteiger partial charge < -0.3 is 15.0 Å². The van der Waals surface area contributed by atoms with Gasteiger partial charge in [-0.25, -0.2) is 0 Å². The average Bonchev–Trinajstić information content (AvgIpc) is 2.49. The molecule has 1 amide bonds. The molecule has 1 N–H and O–H groups in total. The van der Waals surface area contributed by atoms with Gasteiger partial charge in [-0.1, -0.05) is 0 Å². The minimum Gasteiger partial charge on any atom is -0.494 e. The van der Waals surface area contributed by atoms with Crippen molar-refractivity contribution in [3.63, 3.8) is 0 Å². The van der Waals surface area contributed by atoms with Gasteiger partial charge >= 0.3 is 0 Å². The zero-order valence-corrected chi connectivity index (χ0v) is 13.0. The molecule has 0 saturated heterocycles. The van der Waals surface area contributed by atoms with E-state index in [9.17, 15) is 9.59 Å². The molecule has 5 heteroatoms. The lowest BCUT2D eigenvalue weighted by Gasteiger charge is -2.16. The maximum atomic E-state index is 11.8. The van der Waals surface area contributed by atoms with Crippen LogP contribution in [0.15, 0.2) is 24.3 Å². The molecule has 0 aliphatic rings. The molecule has 21 heavy (non-hydrogen) atoms. The highest BCUT2D eigenvalue weighted by Crippen LogP contribution is 2.13. The second-order valence-electron chi connectivity index (χ2n) is 4.95. The standard InChI is InChI=1S/C16H24N2O3/c1-13(19)14-6-8-15(9-7-14)21-12-4-5-16(20)18(3)11-10-17-2/h6-9,17H,4-5,10-12H2,1-3H3. The summed E-state index contributed by atoms with van der Waals surface area (Å²) >= 11 is 0. The third-order valence-corrected chi connectivity index (χ3v) is 3.19. The number of likely N-dealkylation sites (N-methyl/N-ethyl adjacent to an activating group) is 2. The zero-order valence-electron chi connectivity index (χ0n) is 13.0. The maximum absolute atomic E-state index is 11.8. The molecular formula is C16H24N2O3. The second-order valence-corrected chi connectivity index (χ2v) is 4.95. The molecule has 0 aliphatic carbocycles. The van der Waals surface area contributed by atoms with Gasteiger partial charge in [0, 0.05) is 32.1 Å². The molecule has 0 unspecified atom stereocenters. The van der Waals surface area contributed by atoms with Crippen LogP contribution in [0, 0.1) is 0 Å². The number of Topliss-reactive ketones (excluding diaryl/α,β-unsaturated/α-hetero) is 1. The number of amides is 1. The molecule has 0 atom stereocenters. The first kappa shape index (κ1) is 17.2. The first-order valence-corrected chi connectivity index (χ1v) is 7.17. The fourth-order valence-corrected chi connectivity index (χ4v) is 1.79. The SMILES string of the molecule is CNCCN(C)C(=O)CCCOc1ccc(C(C)=O)cc1. The van der Waals surface area contributed by atoms with E-state index in [1.165, 1.54) is 6.92 Å². The number of hydrogen-bond acceptors (Lipinski definition) is 4. The van der Waals surface area contributed by atoms with Crippen molar-refractivity contribution in [3.05, 3.63) is 29.8 Å². The topological polar surface area (TPSA) is 58.6 Å². The van der Waals surface area contributed by atoms with E-state index in [0.29, 0.717) is 31.6 Å². The lowest BCUT2D eigenvalue weighted by atomic mass is 10.1. The van der Waals surface area contributed by atoms with Crippen LogP contribution in [-0.2, 0) is 4.79 Å². The number of rotatable bonds is 9. The van der Waals surface area contributed by atoms with Crippen LogP contribution in [0.2, 0.25) is 0 Å². The fraction of sp³-hybridized carbons (Fsp3) is 0.500. The van der Waals surface area contributed by atoms with E-state index in [0.717, 1.165) is 12.3 Å². The van der Waals surface area contributed by atoms with Gasteiger partial charge in [0.15, 0.2) is 5.78 Å². The summed E-state index contributed by atoms with van der Waals surface area (Å²) in [6, 6.07) is 7.04. The van der Waals surface area contributed by atoms with Crippen LogP contribution in [0.3, 0.4) is 0 Å². The monoisotopic (exact) mass is 292 g/mol. The number of hydrogen-bond donors (Lipinski definition) is 1. The predicted molar refractivity (Wildman–Crippen MR) is 82.7 cm³/mol. The predicted octanol–water partition coefficient (Wildman–Crippen LogP) is 1.73. The molecule has 0 spiro atoms. The minimum atomic E-state index is 0.0387. The largest absolute Gasteiger partial charge is 0.494 e. The smallest absolute Gasteiger partial charge is 0.222 e. The summed E-state index contributed by atoms with van der Waals surface area (Å²) in [5, 5.41) is 3.01. The molecule has 0 aliphatic heterocycles. The molecule has 0 radical (unpaired) electrons. The van der Waals surface area contributed by atoms with Crippen molar-refractivity contribution >= 4 is 11.7 Å². The first-order chi connectivity index (χ1) is 10.0. The molecule has 116 valence electrons. The van der Waals surface area contributed by atoms with Crippen molar-refractivity contribution in [2.75, 3.05) is 33.8 Å². The third kappa shape index (κ3) is 6.40. The van der Waals surface area contributed by atoms with Crippen LogP contribution in [0.25, 0.3) is 0 Å². The Morgan fingerprint density at radius 1 is 1.24 bits per heavy atom. The number of ketones is 1. The number of nitrogens with zero attached hydrogens (tertiary/aromatic N) is 1. The number of carbonyl (C=O) groups excluding carboxylic acids is 2. The van der Waals surface area contributed by atoms with E-state index in [4.69, 9.17) is 4.74 Å². The van der Waals surface area contributed by atoms with Crippen LogP contribution >= 0.6 is 0 Å². The van der Waals surface area contributed by atoms with Crippen molar-refractivity contribution < 1.29 is 14.3 Å². The Labute approximate surface area is 126 Å². The summed E-state index contributed by atoms with van der Waals surface area (Å²) in [5.74, 6) is 0.883. The highest BCUT2D eigenvalue weighted by atomic mass is 16.5.